The number of aromatic amines is 1. The number of aliphatic imine (C=N–C) groups is 1. The van der Waals surface area contributed by atoms with Gasteiger partial charge < -0.3 is 10.3 Å². The number of aromatic nitrogens is 2. The number of amidine groups is 1. The quantitative estimate of drug-likeness (QED) is 0.645. The maximum Gasteiger partial charge on any atom is 0.129 e. The summed E-state index contributed by atoms with van der Waals surface area (Å²) in [5.74, 6) is 2.02. The van der Waals surface area contributed by atoms with Gasteiger partial charge >= 0.3 is 0 Å². The van der Waals surface area contributed by atoms with Crippen molar-refractivity contribution < 1.29 is 0 Å². The normalized spacial score (nSPS) is 15.2. The first kappa shape index (κ1) is 16.9. The molecule has 2 N–H and O–H groups in total. The Labute approximate surface area is 158 Å². The summed E-state index contributed by atoms with van der Waals surface area (Å²) in [7, 11) is 0. The SMILES string of the molecule is c1ccc(CC(Sc2ccccc2C2=NCCCN2)c2ncc[nH]2)cc1. The summed E-state index contributed by atoms with van der Waals surface area (Å²) in [5.41, 5.74) is 2.49. The van der Waals surface area contributed by atoms with Crippen LogP contribution in [0.1, 0.15) is 28.6 Å². The molecule has 4 rings (SSSR count). The van der Waals surface area contributed by atoms with Gasteiger partial charge in [-0.15, -0.1) is 11.8 Å². The third-order valence-electron chi connectivity index (χ3n) is 4.40. The molecule has 0 bridgehead atoms. The molecule has 132 valence electrons. The van der Waals surface area contributed by atoms with Crippen molar-refractivity contribution in [3.05, 3.63) is 83.9 Å². The molecular weight excluding hydrogens is 340 g/mol. The fourth-order valence-electron chi connectivity index (χ4n) is 3.11. The molecule has 0 fully saturated rings. The molecule has 0 saturated heterocycles. The molecule has 2 heterocycles. The number of rotatable bonds is 6. The highest BCUT2D eigenvalue weighted by atomic mass is 32.2. The van der Waals surface area contributed by atoms with E-state index in [0.29, 0.717) is 0 Å². The molecular formula is C21H22N4S. The molecule has 0 spiro atoms. The molecule has 0 radical (unpaired) electrons. The Balaban J connectivity index is 1.63. The van der Waals surface area contributed by atoms with E-state index in [1.165, 1.54) is 16.0 Å². The van der Waals surface area contributed by atoms with Gasteiger partial charge in [0, 0.05) is 35.9 Å². The number of thioether (sulfide) groups is 1. The lowest BCUT2D eigenvalue weighted by molar-refractivity contribution is 0.741. The zero-order valence-corrected chi connectivity index (χ0v) is 15.4. The average Bonchev–Trinajstić information content (AvgIpc) is 3.24. The number of nitrogens with zero attached hydrogens (tertiary/aromatic N) is 2. The second-order valence-corrected chi connectivity index (χ2v) is 7.52. The van der Waals surface area contributed by atoms with Crippen molar-refractivity contribution in [1.82, 2.24) is 15.3 Å². The van der Waals surface area contributed by atoms with Crippen LogP contribution in [0.25, 0.3) is 0 Å². The van der Waals surface area contributed by atoms with Crippen LogP contribution in [0.3, 0.4) is 0 Å². The number of hydrogen-bond donors (Lipinski definition) is 2. The number of H-pyrrole nitrogens is 1. The second kappa shape index (κ2) is 8.23. The Morgan fingerprint density at radius 2 is 1.88 bits per heavy atom. The monoisotopic (exact) mass is 362 g/mol. The maximum absolute atomic E-state index is 4.68. The van der Waals surface area contributed by atoms with Gasteiger partial charge in [0.15, 0.2) is 0 Å². The fraction of sp³-hybridized carbons (Fsp3) is 0.238. The van der Waals surface area contributed by atoms with E-state index in [-0.39, 0.29) is 5.25 Å². The first-order valence-corrected chi connectivity index (χ1v) is 9.86. The molecule has 5 heteroatoms. The van der Waals surface area contributed by atoms with Crippen molar-refractivity contribution in [2.45, 2.75) is 23.0 Å². The van der Waals surface area contributed by atoms with Gasteiger partial charge in [0.2, 0.25) is 0 Å². The summed E-state index contributed by atoms with van der Waals surface area (Å²) in [4.78, 5) is 13.7. The first-order chi connectivity index (χ1) is 12.9. The Bertz CT molecular complexity index is 859. The van der Waals surface area contributed by atoms with E-state index < -0.39 is 0 Å². The maximum atomic E-state index is 4.68. The smallest absolute Gasteiger partial charge is 0.129 e. The van der Waals surface area contributed by atoms with Crippen LogP contribution in [0.15, 0.2) is 76.9 Å². The molecule has 26 heavy (non-hydrogen) atoms. The lowest BCUT2D eigenvalue weighted by atomic mass is 10.1. The first-order valence-electron chi connectivity index (χ1n) is 8.98. The fourth-order valence-corrected chi connectivity index (χ4v) is 4.38. The average molecular weight is 363 g/mol. The van der Waals surface area contributed by atoms with Crippen molar-refractivity contribution in [1.29, 1.82) is 0 Å². The molecule has 1 aliphatic rings. The van der Waals surface area contributed by atoms with E-state index in [1.807, 2.05) is 24.2 Å². The van der Waals surface area contributed by atoms with Crippen LogP contribution in [0.2, 0.25) is 0 Å². The van der Waals surface area contributed by atoms with Gasteiger partial charge in [0.05, 0.1) is 5.25 Å². The predicted octanol–water partition coefficient (Wildman–Crippen LogP) is 4.23. The second-order valence-electron chi connectivity index (χ2n) is 6.28. The van der Waals surface area contributed by atoms with Gasteiger partial charge in [0.25, 0.3) is 0 Å². The molecule has 0 aliphatic carbocycles. The van der Waals surface area contributed by atoms with Crippen LogP contribution in [-0.4, -0.2) is 28.9 Å². The molecule has 0 amide bonds. The summed E-state index contributed by atoms with van der Waals surface area (Å²) in [6.07, 6.45) is 5.74. The van der Waals surface area contributed by atoms with Crippen molar-refractivity contribution in [2.75, 3.05) is 13.1 Å². The van der Waals surface area contributed by atoms with Crippen molar-refractivity contribution >= 4 is 17.6 Å². The third kappa shape index (κ3) is 3.99. The molecule has 1 aromatic heterocycles. The molecule has 2 aromatic carbocycles. The van der Waals surface area contributed by atoms with E-state index in [0.717, 1.165) is 37.6 Å². The summed E-state index contributed by atoms with van der Waals surface area (Å²) >= 11 is 1.85. The van der Waals surface area contributed by atoms with Crippen molar-refractivity contribution in [3.63, 3.8) is 0 Å². The zero-order valence-electron chi connectivity index (χ0n) is 14.6. The number of nitrogens with one attached hydrogen (secondary N) is 2. The summed E-state index contributed by atoms with van der Waals surface area (Å²) in [6, 6.07) is 19.1. The Morgan fingerprint density at radius 3 is 2.65 bits per heavy atom. The van der Waals surface area contributed by atoms with E-state index in [2.05, 4.69) is 74.9 Å². The lowest BCUT2D eigenvalue weighted by Crippen LogP contribution is -2.30. The third-order valence-corrected chi connectivity index (χ3v) is 5.68. The van der Waals surface area contributed by atoms with Crippen LogP contribution in [0.4, 0.5) is 0 Å². The molecule has 1 atom stereocenters. The Hall–Kier alpha value is -2.53. The number of hydrogen-bond acceptors (Lipinski definition) is 4. The molecule has 3 aromatic rings. The molecule has 1 aliphatic heterocycles. The number of benzene rings is 2. The zero-order chi connectivity index (χ0) is 17.6. The minimum Gasteiger partial charge on any atom is -0.370 e. The van der Waals surface area contributed by atoms with Gasteiger partial charge in [-0.3, -0.25) is 4.99 Å². The van der Waals surface area contributed by atoms with Crippen LogP contribution in [0.5, 0.6) is 0 Å². The largest absolute Gasteiger partial charge is 0.370 e. The van der Waals surface area contributed by atoms with Gasteiger partial charge in [-0.2, -0.15) is 0 Å². The highest BCUT2D eigenvalue weighted by Gasteiger charge is 2.20. The van der Waals surface area contributed by atoms with Crippen LogP contribution >= 0.6 is 11.8 Å². The number of imidazole rings is 1. The van der Waals surface area contributed by atoms with E-state index in [1.54, 1.807) is 0 Å². The molecule has 1 unspecified atom stereocenters. The van der Waals surface area contributed by atoms with Gasteiger partial charge in [0.1, 0.15) is 11.7 Å². The summed E-state index contributed by atoms with van der Waals surface area (Å²) < 4.78 is 0. The van der Waals surface area contributed by atoms with Crippen LogP contribution in [-0.2, 0) is 6.42 Å². The summed E-state index contributed by atoms with van der Waals surface area (Å²) in [6.45, 7) is 1.89. The topological polar surface area (TPSA) is 53.1 Å². The van der Waals surface area contributed by atoms with Crippen molar-refractivity contribution in [3.8, 4) is 0 Å². The standard InChI is InChI=1S/C21H22N4S/c1-2-7-16(8-3-1)15-19(21-24-13-14-25-21)26-18-10-5-4-9-17(18)20-22-11-6-12-23-20/h1-5,7-10,13-14,19H,6,11-12,15H2,(H,22,23)(H,24,25). The molecule has 0 saturated carbocycles. The minimum absolute atomic E-state index is 0.220. The van der Waals surface area contributed by atoms with Crippen LogP contribution < -0.4 is 5.32 Å². The highest BCUT2D eigenvalue weighted by Crippen LogP contribution is 2.38. The Morgan fingerprint density at radius 1 is 1.04 bits per heavy atom. The van der Waals surface area contributed by atoms with Crippen molar-refractivity contribution in [2.24, 2.45) is 4.99 Å². The van der Waals surface area contributed by atoms with Gasteiger partial charge in [-0.05, 0) is 24.5 Å². The van der Waals surface area contributed by atoms with E-state index in [4.69, 9.17) is 0 Å². The van der Waals surface area contributed by atoms with Gasteiger partial charge in [-0.1, -0.05) is 48.5 Å². The minimum atomic E-state index is 0.220. The van der Waals surface area contributed by atoms with E-state index >= 15 is 0 Å². The van der Waals surface area contributed by atoms with Gasteiger partial charge in [-0.25, -0.2) is 4.98 Å². The summed E-state index contributed by atoms with van der Waals surface area (Å²) in [5, 5.41) is 3.67. The molecule has 4 nitrogen and oxygen atoms in total. The Kier molecular flexibility index (Phi) is 5.36. The highest BCUT2D eigenvalue weighted by molar-refractivity contribution is 7.99. The predicted molar refractivity (Wildman–Crippen MR) is 108 cm³/mol. The lowest BCUT2D eigenvalue weighted by Gasteiger charge is -2.20. The van der Waals surface area contributed by atoms with E-state index in [9.17, 15) is 0 Å². The van der Waals surface area contributed by atoms with Crippen LogP contribution in [0, 0.1) is 0 Å².